The van der Waals surface area contributed by atoms with E-state index in [2.05, 4.69) is 0 Å². The predicted molar refractivity (Wildman–Crippen MR) is 81.8 cm³/mol. The van der Waals surface area contributed by atoms with Crippen molar-refractivity contribution in [1.29, 1.82) is 0 Å². The molecule has 2 aromatic rings. The summed E-state index contributed by atoms with van der Waals surface area (Å²) in [4.78, 5) is 13.8. The Bertz CT molecular complexity index is 685. The van der Waals surface area contributed by atoms with E-state index in [0.29, 0.717) is 11.6 Å². The molecule has 0 aliphatic heterocycles. The summed E-state index contributed by atoms with van der Waals surface area (Å²) in [6, 6.07) is 9.51. The molecule has 4 nitrogen and oxygen atoms in total. The lowest BCUT2D eigenvalue weighted by atomic mass is 10.1. The SMILES string of the molecule is Cc1ccc(Cl)c(CN(C)C(=O)c2ccc(O)cc2O)c1. The van der Waals surface area contributed by atoms with Crippen molar-refractivity contribution in [1.82, 2.24) is 4.90 Å². The van der Waals surface area contributed by atoms with Gasteiger partial charge in [0.15, 0.2) is 0 Å². The first-order chi connectivity index (χ1) is 9.88. The van der Waals surface area contributed by atoms with Crippen molar-refractivity contribution in [3.8, 4) is 11.5 Å². The monoisotopic (exact) mass is 305 g/mol. The number of hydrogen-bond donors (Lipinski definition) is 2. The van der Waals surface area contributed by atoms with E-state index in [1.54, 1.807) is 13.1 Å². The summed E-state index contributed by atoms with van der Waals surface area (Å²) < 4.78 is 0. The van der Waals surface area contributed by atoms with Crippen LogP contribution >= 0.6 is 11.6 Å². The van der Waals surface area contributed by atoms with Crippen LogP contribution in [-0.4, -0.2) is 28.1 Å². The number of phenols is 2. The Kier molecular flexibility index (Phi) is 4.38. The number of benzene rings is 2. The third-order valence-electron chi connectivity index (χ3n) is 3.17. The molecular formula is C16H16ClNO3. The highest BCUT2D eigenvalue weighted by molar-refractivity contribution is 6.31. The first-order valence-corrected chi connectivity index (χ1v) is 6.78. The van der Waals surface area contributed by atoms with E-state index >= 15 is 0 Å². The third-order valence-corrected chi connectivity index (χ3v) is 3.54. The molecular weight excluding hydrogens is 290 g/mol. The molecule has 2 aromatic carbocycles. The molecule has 0 aliphatic carbocycles. The lowest BCUT2D eigenvalue weighted by Crippen LogP contribution is -2.26. The molecule has 0 aliphatic rings. The zero-order valence-corrected chi connectivity index (χ0v) is 12.6. The second-order valence-electron chi connectivity index (χ2n) is 4.96. The number of rotatable bonds is 3. The van der Waals surface area contributed by atoms with Crippen LogP contribution in [0.1, 0.15) is 21.5 Å². The topological polar surface area (TPSA) is 60.8 Å². The largest absolute Gasteiger partial charge is 0.508 e. The van der Waals surface area contributed by atoms with Crippen LogP contribution in [0.15, 0.2) is 36.4 Å². The molecule has 0 spiro atoms. The summed E-state index contributed by atoms with van der Waals surface area (Å²) in [7, 11) is 1.63. The van der Waals surface area contributed by atoms with Gasteiger partial charge in [0.25, 0.3) is 5.91 Å². The third kappa shape index (κ3) is 3.47. The summed E-state index contributed by atoms with van der Waals surface area (Å²) in [5.74, 6) is -0.680. The van der Waals surface area contributed by atoms with Crippen molar-refractivity contribution in [3.05, 3.63) is 58.1 Å². The number of carbonyl (C=O) groups excluding carboxylic acids is 1. The van der Waals surface area contributed by atoms with Crippen LogP contribution in [0.3, 0.4) is 0 Å². The van der Waals surface area contributed by atoms with Gasteiger partial charge in [-0.15, -0.1) is 0 Å². The maximum Gasteiger partial charge on any atom is 0.257 e. The zero-order valence-electron chi connectivity index (χ0n) is 11.8. The van der Waals surface area contributed by atoms with Crippen molar-refractivity contribution in [2.45, 2.75) is 13.5 Å². The van der Waals surface area contributed by atoms with Gasteiger partial charge in [0.2, 0.25) is 0 Å². The minimum atomic E-state index is -0.343. The number of aromatic hydroxyl groups is 2. The lowest BCUT2D eigenvalue weighted by molar-refractivity contribution is 0.0782. The van der Waals surface area contributed by atoms with E-state index in [1.807, 2.05) is 19.1 Å². The first-order valence-electron chi connectivity index (χ1n) is 6.41. The molecule has 0 unspecified atom stereocenters. The molecule has 5 heteroatoms. The van der Waals surface area contributed by atoms with E-state index < -0.39 is 0 Å². The number of aryl methyl sites for hydroxylation is 1. The lowest BCUT2D eigenvalue weighted by Gasteiger charge is -2.19. The van der Waals surface area contributed by atoms with Gasteiger partial charge in [-0.25, -0.2) is 0 Å². The van der Waals surface area contributed by atoms with Gasteiger partial charge in [-0.3, -0.25) is 4.79 Å². The van der Waals surface area contributed by atoms with E-state index in [-0.39, 0.29) is 23.0 Å². The van der Waals surface area contributed by atoms with Crippen LogP contribution in [0.2, 0.25) is 5.02 Å². The minimum absolute atomic E-state index is 0.0894. The van der Waals surface area contributed by atoms with Crippen molar-refractivity contribution < 1.29 is 15.0 Å². The molecule has 1 amide bonds. The maximum atomic E-state index is 12.3. The Hall–Kier alpha value is -2.20. The minimum Gasteiger partial charge on any atom is -0.508 e. The van der Waals surface area contributed by atoms with Crippen LogP contribution in [-0.2, 0) is 6.54 Å². The van der Waals surface area contributed by atoms with Crippen LogP contribution in [0, 0.1) is 6.92 Å². The molecule has 21 heavy (non-hydrogen) atoms. The van der Waals surface area contributed by atoms with Gasteiger partial charge in [0, 0.05) is 24.7 Å². The van der Waals surface area contributed by atoms with Crippen molar-refractivity contribution in [3.63, 3.8) is 0 Å². The molecule has 0 atom stereocenters. The number of carbonyl (C=O) groups is 1. The Morgan fingerprint density at radius 3 is 2.57 bits per heavy atom. The highest BCUT2D eigenvalue weighted by Crippen LogP contribution is 2.25. The van der Waals surface area contributed by atoms with Gasteiger partial charge in [-0.1, -0.05) is 29.3 Å². The number of nitrogens with zero attached hydrogens (tertiary/aromatic N) is 1. The standard InChI is InChI=1S/C16H16ClNO3/c1-10-3-6-14(17)11(7-10)9-18(2)16(21)13-5-4-12(19)8-15(13)20/h3-8,19-20H,9H2,1-2H3. The molecule has 0 heterocycles. The summed E-state index contributed by atoms with van der Waals surface area (Å²) in [6.45, 7) is 2.28. The van der Waals surface area contributed by atoms with Gasteiger partial charge in [-0.05, 0) is 30.7 Å². The smallest absolute Gasteiger partial charge is 0.257 e. The molecule has 0 radical (unpaired) electrons. The Morgan fingerprint density at radius 2 is 1.90 bits per heavy atom. The Morgan fingerprint density at radius 1 is 1.19 bits per heavy atom. The summed E-state index contributed by atoms with van der Waals surface area (Å²) in [6.07, 6.45) is 0. The molecule has 110 valence electrons. The Labute approximate surface area is 128 Å². The molecule has 0 fully saturated rings. The Balaban J connectivity index is 2.21. The van der Waals surface area contributed by atoms with Gasteiger partial charge >= 0.3 is 0 Å². The van der Waals surface area contributed by atoms with E-state index in [0.717, 1.165) is 17.2 Å². The van der Waals surface area contributed by atoms with Crippen LogP contribution in [0.25, 0.3) is 0 Å². The number of hydrogen-bond acceptors (Lipinski definition) is 3. The number of phenolic OH excluding ortho intramolecular Hbond substituents is 2. The summed E-state index contributed by atoms with van der Waals surface area (Å²) in [5, 5.41) is 19.6. The van der Waals surface area contributed by atoms with Gasteiger partial charge in [0.1, 0.15) is 11.5 Å². The summed E-state index contributed by atoms with van der Waals surface area (Å²) >= 11 is 6.12. The average molecular weight is 306 g/mol. The van der Waals surface area contributed by atoms with Gasteiger partial charge in [-0.2, -0.15) is 0 Å². The molecule has 0 bridgehead atoms. The fourth-order valence-electron chi connectivity index (χ4n) is 2.06. The fraction of sp³-hybridized carbons (Fsp3) is 0.188. The zero-order chi connectivity index (χ0) is 15.6. The number of amides is 1. The van der Waals surface area contributed by atoms with Crippen molar-refractivity contribution in [2.24, 2.45) is 0 Å². The highest BCUT2D eigenvalue weighted by atomic mass is 35.5. The van der Waals surface area contributed by atoms with Gasteiger partial charge in [0.05, 0.1) is 5.56 Å². The van der Waals surface area contributed by atoms with Crippen molar-refractivity contribution in [2.75, 3.05) is 7.05 Å². The van der Waals surface area contributed by atoms with Crippen LogP contribution in [0.4, 0.5) is 0 Å². The molecule has 0 aromatic heterocycles. The quantitative estimate of drug-likeness (QED) is 0.914. The van der Waals surface area contributed by atoms with Crippen LogP contribution in [0.5, 0.6) is 11.5 Å². The van der Waals surface area contributed by atoms with Gasteiger partial charge < -0.3 is 15.1 Å². The number of halogens is 1. The second-order valence-corrected chi connectivity index (χ2v) is 5.36. The second kappa shape index (κ2) is 6.06. The van der Waals surface area contributed by atoms with Crippen LogP contribution < -0.4 is 0 Å². The van der Waals surface area contributed by atoms with E-state index in [1.165, 1.54) is 17.0 Å². The molecule has 0 saturated carbocycles. The molecule has 2 rings (SSSR count). The predicted octanol–water partition coefficient (Wildman–Crippen LogP) is 3.33. The highest BCUT2D eigenvalue weighted by Gasteiger charge is 2.17. The molecule has 2 N–H and O–H groups in total. The van der Waals surface area contributed by atoms with E-state index in [9.17, 15) is 15.0 Å². The van der Waals surface area contributed by atoms with Crippen molar-refractivity contribution >= 4 is 17.5 Å². The summed E-state index contributed by atoms with van der Waals surface area (Å²) in [5.41, 5.74) is 2.03. The average Bonchev–Trinajstić information content (AvgIpc) is 2.42. The van der Waals surface area contributed by atoms with E-state index in [4.69, 9.17) is 11.6 Å². The normalized spacial score (nSPS) is 10.4. The fourth-order valence-corrected chi connectivity index (χ4v) is 2.24. The molecule has 0 saturated heterocycles. The maximum absolute atomic E-state index is 12.3. The first kappa shape index (κ1) is 15.2.